The molecule has 6 heteroatoms. The van der Waals surface area contributed by atoms with Crippen molar-refractivity contribution in [2.45, 2.75) is 171 Å². The molecule has 2 nitrogen and oxygen atoms in total. The summed E-state index contributed by atoms with van der Waals surface area (Å²) in [5, 5.41) is 18.0. The first-order chi connectivity index (χ1) is 43.3. The van der Waals surface area contributed by atoms with E-state index < -0.39 is 0 Å². The van der Waals surface area contributed by atoms with Crippen molar-refractivity contribution >= 4 is 99.2 Å². The highest BCUT2D eigenvalue weighted by Gasteiger charge is 2.30. The molecule has 12 rings (SSSR count). The van der Waals surface area contributed by atoms with Gasteiger partial charge in [0.1, 0.15) is 11.5 Å². The van der Waals surface area contributed by atoms with E-state index in [-0.39, 0.29) is 0 Å². The normalized spacial score (nSPS) is 13.5. The number of ether oxygens (including phenoxy) is 2. The number of hydrogen-bond donors (Lipinski definition) is 0. The van der Waals surface area contributed by atoms with Crippen LogP contribution in [-0.2, 0) is 12.8 Å². The van der Waals surface area contributed by atoms with Gasteiger partial charge in [-0.25, -0.2) is 0 Å². The number of hydrogen-bond acceptors (Lipinski definition) is 6. The van der Waals surface area contributed by atoms with Crippen LogP contribution in [-0.4, -0.2) is 13.2 Å². The lowest BCUT2D eigenvalue weighted by Gasteiger charge is -2.25. The molecule has 4 aromatic heterocycles. The standard InChI is InChI=1S/C82H92O2S4/c1-9-17-25-53(13-5)45-59-47-73(87-81(59)71-33-23-43-85-71)75-65-31-21-29-63-68(58-37-41-62(42-38-58)84-52-56(16-8)28-20-12-4)50-70-76(74-48-60(46-54(14-6)26-18-10-2)82(88-74)72-34-24-44-86-72)66-32-22-30-64-67(49-69(75)79(78(64)66)80(70)77(63)65)57-35-39-61(40-36-57)83-51-55(15-7)27-19-11-3/h21-24,29-44,47-50,53-56H,9-20,25-28,45-46,51-52H2,1-8H3. The molecule has 4 atom stereocenters. The van der Waals surface area contributed by atoms with E-state index in [4.69, 9.17) is 9.47 Å². The number of thiophene rings is 4. The largest absolute Gasteiger partial charge is 0.493 e. The van der Waals surface area contributed by atoms with E-state index in [0.717, 1.165) is 50.4 Å². The smallest absolute Gasteiger partial charge is 0.119 e. The quantitative estimate of drug-likeness (QED) is 0.0309. The zero-order valence-electron chi connectivity index (χ0n) is 53.8. The molecule has 0 aliphatic rings. The molecule has 0 saturated heterocycles. The van der Waals surface area contributed by atoms with Crippen LogP contribution in [0.25, 0.3) is 117 Å². The van der Waals surface area contributed by atoms with Gasteiger partial charge in [-0.3, -0.25) is 0 Å². The van der Waals surface area contributed by atoms with Gasteiger partial charge in [-0.1, -0.05) is 218 Å². The molecule has 0 aliphatic heterocycles. The molecule has 0 amide bonds. The van der Waals surface area contributed by atoms with Crippen LogP contribution in [0.3, 0.4) is 0 Å². The monoisotopic (exact) mass is 1240 g/mol. The van der Waals surface area contributed by atoms with Crippen molar-refractivity contribution in [3.05, 3.63) is 155 Å². The third-order valence-corrected chi connectivity index (χ3v) is 24.2. The molecule has 4 unspecified atom stereocenters. The van der Waals surface area contributed by atoms with Crippen molar-refractivity contribution in [2.75, 3.05) is 13.2 Å². The summed E-state index contributed by atoms with van der Waals surface area (Å²) in [6, 6.07) is 52.5. The first-order valence-corrected chi connectivity index (χ1v) is 37.4. The van der Waals surface area contributed by atoms with Crippen molar-refractivity contribution in [1.82, 2.24) is 0 Å². The van der Waals surface area contributed by atoms with Gasteiger partial charge in [-0.15, -0.1) is 45.3 Å². The van der Waals surface area contributed by atoms with Crippen molar-refractivity contribution in [2.24, 2.45) is 23.7 Å². The Balaban J connectivity index is 1.16. The van der Waals surface area contributed by atoms with Crippen LogP contribution >= 0.6 is 45.3 Å². The van der Waals surface area contributed by atoms with Gasteiger partial charge < -0.3 is 9.47 Å². The third kappa shape index (κ3) is 12.7. The Morgan fingerprint density at radius 3 is 1.08 bits per heavy atom. The van der Waals surface area contributed by atoms with Crippen LogP contribution in [0.5, 0.6) is 11.5 Å². The fourth-order valence-electron chi connectivity index (χ4n) is 14.4. The predicted octanol–water partition coefficient (Wildman–Crippen LogP) is 27.3. The molecule has 0 spiro atoms. The minimum Gasteiger partial charge on any atom is -0.493 e. The summed E-state index contributed by atoms with van der Waals surface area (Å²) in [5.74, 6) is 4.32. The Bertz CT molecular complexity index is 3890. The lowest BCUT2D eigenvalue weighted by molar-refractivity contribution is 0.233. The van der Waals surface area contributed by atoms with E-state index in [1.807, 2.05) is 45.3 Å². The molecule has 88 heavy (non-hydrogen) atoms. The zero-order valence-corrected chi connectivity index (χ0v) is 57.0. The Hall–Kier alpha value is -6.02. The topological polar surface area (TPSA) is 18.5 Å². The minimum atomic E-state index is 0.567. The van der Waals surface area contributed by atoms with Gasteiger partial charge in [0.15, 0.2) is 0 Å². The van der Waals surface area contributed by atoms with E-state index in [1.54, 1.807) is 0 Å². The van der Waals surface area contributed by atoms with Crippen LogP contribution in [0.2, 0.25) is 0 Å². The molecule has 0 saturated carbocycles. The molecule has 0 bridgehead atoms. The molecule has 0 aliphatic carbocycles. The van der Waals surface area contributed by atoms with E-state index >= 15 is 0 Å². The fourth-order valence-corrected chi connectivity index (χ4v) is 18.7. The van der Waals surface area contributed by atoms with Crippen molar-refractivity contribution in [1.29, 1.82) is 0 Å². The van der Waals surface area contributed by atoms with Crippen LogP contribution in [0.4, 0.5) is 0 Å². The number of unbranched alkanes of at least 4 members (excludes halogenated alkanes) is 4. The fraction of sp³-hybridized carbons (Fsp3) is 0.390. The zero-order chi connectivity index (χ0) is 60.7. The SMILES string of the molecule is CCCCC(CC)COc1ccc(-c2cc3c(-c4cc(CC(CC)CCCC)c(-c5cccs5)s4)c4cccc5c(-c6ccc(OCC(CC)CCCC)cc6)cc6c(-c7cc(CC(CC)CCCC)c(-c8cccs8)s7)c7cccc2c7c3c6c54)cc1. The molecule has 4 heterocycles. The minimum absolute atomic E-state index is 0.567. The van der Waals surface area contributed by atoms with Gasteiger partial charge in [-0.05, 0) is 208 Å². The first-order valence-electron chi connectivity index (χ1n) is 34.0. The van der Waals surface area contributed by atoms with Gasteiger partial charge >= 0.3 is 0 Å². The van der Waals surface area contributed by atoms with Gasteiger partial charge in [0.05, 0.1) is 13.2 Å². The van der Waals surface area contributed by atoms with Crippen molar-refractivity contribution in [3.8, 4) is 74.1 Å². The lowest BCUT2D eigenvalue weighted by atomic mass is 9.78. The summed E-state index contributed by atoms with van der Waals surface area (Å²) in [6.07, 6.45) is 21.8. The Labute approximate surface area is 542 Å². The highest BCUT2D eigenvalue weighted by molar-refractivity contribution is 7.24. The summed E-state index contributed by atoms with van der Waals surface area (Å²) >= 11 is 7.84. The second kappa shape index (κ2) is 28.9. The summed E-state index contributed by atoms with van der Waals surface area (Å²) < 4.78 is 13.2. The number of benzene rings is 8. The van der Waals surface area contributed by atoms with Crippen LogP contribution in [0.15, 0.2) is 144 Å². The lowest BCUT2D eigenvalue weighted by Crippen LogP contribution is -2.11. The molecular weight excluding hydrogens is 1150 g/mol. The highest BCUT2D eigenvalue weighted by Crippen LogP contribution is 2.58. The van der Waals surface area contributed by atoms with Gasteiger partial charge in [-0.2, -0.15) is 0 Å². The Kier molecular flexibility index (Phi) is 20.4. The molecule has 8 aromatic carbocycles. The van der Waals surface area contributed by atoms with Crippen LogP contribution < -0.4 is 9.47 Å². The summed E-state index contributed by atoms with van der Waals surface area (Å²) in [5.41, 5.74) is 10.7. The summed E-state index contributed by atoms with van der Waals surface area (Å²) in [7, 11) is 0. The van der Waals surface area contributed by atoms with Crippen molar-refractivity contribution in [3.63, 3.8) is 0 Å². The molecule has 0 radical (unpaired) electrons. The van der Waals surface area contributed by atoms with E-state index in [1.165, 1.54) is 218 Å². The average Bonchev–Trinajstić information content (AvgIpc) is 1.31. The second-order valence-corrected chi connectivity index (χ2v) is 29.5. The average molecular weight is 1240 g/mol. The third-order valence-electron chi connectivity index (χ3n) is 19.7. The van der Waals surface area contributed by atoms with Gasteiger partial charge in [0, 0.05) is 40.4 Å². The maximum Gasteiger partial charge on any atom is 0.119 e. The van der Waals surface area contributed by atoms with E-state index in [2.05, 4.69) is 200 Å². The Morgan fingerprint density at radius 2 is 0.727 bits per heavy atom. The highest BCUT2D eigenvalue weighted by atomic mass is 32.1. The van der Waals surface area contributed by atoms with Crippen LogP contribution in [0, 0.1) is 23.7 Å². The second-order valence-electron chi connectivity index (χ2n) is 25.5. The van der Waals surface area contributed by atoms with E-state index in [9.17, 15) is 0 Å². The molecule has 0 N–H and O–H groups in total. The molecule has 0 fully saturated rings. The van der Waals surface area contributed by atoms with Crippen molar-refractivity contribution < 1.29 is 9.47 Å². The summed E-state index contributed by atoms with van der Waals surface area (Å²) in [4.78, 5) is 8.36. The maximum absolute atomic E-state index is 6.62. The van der Waals surface area contributed by atoms with Crippen LogP contribution in [0.1, 0.15) is 169 Å². The van der Waals surface area contributed by atoms with Gasteiger partial charge in [0.25, 0.3) is 0 Å². The maximum atomic E-state index is 6.62. The predicted molar refractivity (Wildman–Crippen MR) is 392 cm³/mol. The molecule has 456 valence electrons. The molecular formula is C82H92O2S4. The number of rotatable bonds is 32. The first kappa shape index (κ1) is 62.2. The Morgan fingerprint density at radius 1 is 0.352 bits per heavy atom. The van der Waals surface area contributed by atoms with E-state index in [0.29, 0.717) is 23.7 Å². The molecule has 12 aromatic rings. The summed E-state index contributed by atoms with van der Waals surface area (Å²) in [6.45, 7) is 20.2. The van der Waals surface area contributed by atoms with Gasteiger partial charge in [0.2, 0.25) is 0 Å².